The van der Waals surface area contributed by atoms with Crippen LogP contribution in [0.15, 0.2) is 0 Å². The first-order valence-corrected chi connectivity index (χ1v) is 2.31. The number of nitrogens with zero attached hydrogens (tertiary/aromatic N) is 3. The maximum Gasteiger partial charge on any atom is 0.200 e. The van der Waals surface area contributed by atoms with Gasteiger partial charge in [0.25, 0.3) is 0 Å². The van der Waals surface area contributed by atoms with Crippen LogP contribution in [0.1, 0.15) is 9.80 Å². The van der Waals surface area contributed by atoms with E-state index >= 15 is 0 Å². The van der Waals surface area contributed by atoms with Crippen molar-refractivity contribution in [2.45, 2.75) is 0 Å². The highest BCUT2D eigenvalue weighted by atomic mass is 32.1. The zero-order valence-corrected chi connectivity index (χ0v) is 4.05. The fourth-order valence-electron chi connectivity index (χ4n) is 0.186. The van der Waals surface area contributed by atoms with E-state index < -0.39 is 0 Å². The van der Waals surface area contributed by atoms with Crippen LogP contribution in [-0.4, -0.2) is 21.1 Å². The van der Waals surface area contributed by atoms with E-state index in [0.717, 1.165) is 11.5 Å². The molecule has 0 aromatic carbocycles. The summed E-state index contributed by atoms with van der Waals surface area (Å²) in [5, 5.41) is 6.82. The maximum absolute atomic E-state index is 9.74. The molecular weight excluding hydrogens is 114 g/mol. The summed E-state index contributed by atoms with van der Waals surface area (Å²) in [6, 6.07) is 0. The van der Waals surface area contributed by atoms with Gasteiger partial charge in [-0.15, -0.1) is 5.10 Å². The Bertz CT molecular complexity index is 148. The quantitative estimate of drug-likeness (QED) is 0.473. The molecule has 0 radical (unpaired) electrons. The number of aldehydes is 1. The number of carbonyl (C=O) groups is 1. The van der Waals surface area contributed by atoms with Crippen molar-refractivity contribution in [1.29, 1.82) is 0 Å². The lowest BCUT2D eigenvalue weighted by Gasteiger charge is -1.59. The Morgan fingerprint density at radius 3 is 2.86 bits per heavy atom. The highest BCUT2D eigenvalue weighted by Gasteiger charge is 1.88. The predicted molar refractivity (Wildman–Crippen MR) is 23.1 cm³/mol. The van der Waals surface area contributed by atoms with Crippen molar-refractivity contribution in [2.24, 2.45) is 0 Å². The van der Waals surface area contributed by atoms with Gasteiger partial charge in [0, 0.05) is 11.5 Å². The molecule has 0 bridgehead atoms. The van der Waals surface area contributed by atoms with E-state index in [4.69, 9.17) is 0 Å². The Balaban J connectivity index is 2.96. The van der Waals surface area contributed by atoms with Crippen LogP contribution in [0.3, 0.4) is 0 Å². The van der Waals surface area contributed by atoms with Gasteiger partial charge in [-0.1, -0.05) is 4.49 Å². The molecule has 0 saturated carbocycles. The highest BCUT2D eigenvalue weighted by molar-refractivity contribution is 7.06. The minimum absolute atomic E-state index is 0.319. The second-order valence-corrected chi connectivity index (χ2v) is 1.58. The Morgan fingerprint density at radius 1 is 1.71 bits per heavy atom. The second-order valence-electron chi connectivity index (χ2n) is 0.818. The van der Waals surface area contributed by atoms with Crippen LogP contribution in [-0.2, 0) is 0 Å². The topological polar surface area (TPSA) is 55.7 Å². The van der Waals surface area contributed by atoms with Gasteiger partial charge >= 0.3 is 0 Å². The molecule has 0 saturated heterocycles. The molecule has 0 spiro atoms. The molecule has 0 fully saturated rings. The molecule has 0 unspecified atom stereocenters. The van der Waals surface area contributed by atoms with E-state index in [1.165, 1.54) is 0 Å². The molecule has 7 heavy (non-hydrogen) atoms. The molecule has 0 atom stereocenters. The van der Waals surface area contributed by atoms with E-state index in [9.17, 15) is 4.79 Å². The molecular formula is C2HN3OS. The third-order valence-electron chi connectivity index (χ3n) is 0.415. The Labute approximate surface area is 43.3 Å². The molecule has 36 valence electrons. The Kier molecular flexibility index (Phi) is 1.08. The van der Waals surface area contributed by atoms with Crippen molar-refractivity contribution in [2.75, 3.05) is 0 Å². The summed E-state index contributed by atoms with van der Waals surface area (Å²) in [6.45, 7) is 0. The summed E-state index contributed by atoms with van der Waals surface area (Å²) in [4.78, 5) is 9.74. The van der Waals surface area contributed by atoms with Gasteiger partial charge in [-0.2, -0.15) is 0 Å². The predicted octanol–water partition coefficient (Wildman–Crippen LogP) is -0.254. The average Bonchev–Trinajstić information content (AvgIpc) is 2.14. The molecule has 1 aromatic rings. The fraction of sp³-hybridized carbons (Fsp3) is 0. The summed E-state index contributed by atoms with van der Waals surface area (Å²) < 4.78 is 3.34. The van der Waals surface area contributed by atoms with Gasteiger partial charge in [0.05, 0.1) is 0 Å². The van der Waals surface area contributed by atoms with Gasteiger partial charge < -0.3 is 0 Å². The number of carbonyl (C=O) groups excluding carboxylic acids is 1. The summed E-state index contributed by atoms with van der Waals surface area (Å²) in [6.07, 6.45) is 0.616. The number of hydrogen-bond acceptors (Lipinski definition) is 5. The highest BCUT2D eigenvalue weighted by Crippen LogP contribution is 1.88. The molecule has 0 amide bonds. The summed E-state index contributed by atoms with van der Waals surface area (Å²) in [7, 11) is 0. The lowest BCUT2D eigenvalue weighted by molar-refractivity contribution is 0.112. The normalized spacial score (nSPS) is 8.57. The zero-order valence-electron chi connectivity index (χ0n) is 3.24. The van der Waals surface area contributed by atoms with Crippen LogP contribution in [0.2, 0.25) is 0 Å². The fourth-order valence-corrected chi connectivity index (χ4v) is 0.459. The van der Waals surface area contributed by atoms with Crippen LogP contribution < -0.4 is 0 Å². The monoisotopic (exact) mass is 115 g/mol. The second kappa shape index (κ2) is 1.74. The Morgan fingerprint density at radius 2 is 2.57 bits per heavy atom. The van der Waals surface area contributed by atoms with Crippen molar-refractivity contribution in [1.82, 2.24) is 14.8 Å². The first-order chi connectivity index (χ1) is 3.43. The van der Waals surface area contributed by atoms with Crippen molar-refractivity contribution >= 4 is 17.8 Å². The average molecular weight is 115 g/mol. The molecule has 5 heteroatoms. The van der Waals surface area contributed by atoms with E-state index in [1.54, 1.807) is 0 Å². The molecule has 0 N–H and O–H groups in total. The zero-order chi connectivity index (χ0) is 5.11. The molecule has 1 aromatic heterocycles. The lowest BCUT2D eigenvalue weighted by atomic mass is 10.8. The van der Waals surface area contributed by atoms with Gasteiger partial charge in [-0.25, -0.2) is 0 Å². The van der Waals surface area contributed by atoms with Crippen LogP contribution in [0.4, 0.5) is 0 Å². The summed E-state index contributed by atoms with van der Waals surface area (Å²) in [5.74, 6) is 0. The number of rotatable bonds is 1. The van der Waals surface area contributed by atoms with Gasteiger partial charge in [-0.05, 0) is 5.21 Å². The van der Waals surface area contributed by atoms with Crippen molar-refractivity contribution in [3.63, 3.8) is 0 Å². The van der Waals surface area contributed by atoms with Gasteiger partial charge in [-0.3, -0.25) is 4.79 Å². The Hall–Kier alpha value is -0.840. The molecule has 0 aliphatic carbocycles. The van der Waals surface area contributed by atoms with Crippen molar-refractivity contribution in [3.05, 3.63) is 5.01 Å². The van der Waals surface area contributed by atoms with Crippen LogP contribution in [0.5, 0.6) is 0 Å². The smallest absolute Gasteiger partial charge is 0.200 e. The van der Waals surface area contributed by atoms with Gasteiger partial charge in [0.1, 0.15) is 0 Å². The standard InChI is InChI=1S/C2HN3OS/c6-1-2-3-4-5-7-2/h1H. The first kappa shape index (κ1) is 4.32. The molecule has 0 aliphatic heterocycles. The van der Waals surface area contributed by atoms with Crippen LogP contribution in [0.25, 0.3) is 0 Å². The van der Waals surface area contributed by atoms with Crippen molar-refractivity contribution in [3.8, 4) is 0 Å². The SMILES string of the molecule is O=Cc1nnns1. The first-order valence-electron chi connectivity index (χ1n) is 1.53. The molecule has 0 aliphatic rings. The molecule has 4 nitrogen and oxygen atoms in total. The number of aromatic nitrogens is 3. The van der Waals surface area contributed by atoms with E-state index in [0.29, 0.717) is 11.3 Å². The van der Waals surface area contributed by atoms with E-state index in [1.807, 2.05) is 0 Å². The van der Waals surface area contributed by atoms with E-state index in [-0.39, 0.29) is 0 Å². The lowest BCUT2D eigenvalue weighted by Crippen LogP contribution is -1.74. The number of hydrogen-bond donors (Lipinski definition) is 0. The van der Waals surface area contributed by atoms with Gasteiger partial charge in [0.15, 0.2) is 11.3 Å². The van der Waals surface area contributed by atoms with Crippen LogP contribution >= 0.6 is 11.5 Å². The maximum atomic E-state index is 9.74. The summed E-state index contributed by atoms with van der Waals surface area (Å²) >= 11 is 0.983. The third-order valence-corrected chi connectivity index (χ3v) is 0.935. The molecule has 1 rings (SSSR count). The largest absolute Gasteiger partial charge is 0.295 e. The molecule has 1 heterocycles. The van der Waals surface area contributed by atoms with E-state index in [2.05, 4.69) is 14.8 Å². The van der Waals surface area contributed by atoms with Crippen LogP contribution in [0, 0.1) is 0 Å². The minimum atomic E-state index is 0.319. The summed E-state index contributed by atoms with van der Waals surface area (Å²) in [5.41, 5.74) is 0. The van der Waals surface area contributed by atoms with Gasteiger partial charge in [0.2, 0.25) is 0 Å². The minimum Gasteiger partial charge on any atom is -0.295 e. The van der Waals surface area contributed by atoms with Crippen molar-refractivity contribution < 1.29 is 4.79 Å². The third kappa shape index (κ3) is 0.774.